The van der Waals surface area contributed by atoms with E-state index in [1.807, 2.05) is 0 Å². The zero-order valence-electron chi connectivity index (χ0n) is 9.98. The highest BCUT2D eigenvalue weighted by Gasteiger charge is 2.16. The molecule has 0 amide bonds. The minimum atomic E-state index is -0.106. The molecule has 0 bridgehead atoms. The average molecular weight is 282 g/mol. The lowest BCUT2D eigenvalue weighted by Gasteiger charge is -2.08. The summed E-state index contributed by atoms with van der Waals surface area (Å²) in [6.07, 6.45) is 0. The third-order valence-electron chi connectivity index (χ3n) is 2.79. The molecule has 2 heterocycles. The van der Waals surface area contributed by atoms with Crippen molar-refractivity contribution in [3.63, 3.8) is 0 Å². The number of ether oxygens (including phenoxy) is 2. The van der Waals surface area contributed by atoms with Crippen molar-refractivity contribution < 1.29 is 19.0 Å². The molecule has 5 nitrogen and oxygen atoms in total. The van der Waals surface area contributed by atoms with E-state index in [4.69, 9.17) is 30.6 Å². The zero-order chi connectivity index (χ0) is 13.2. The second-order valence-corrected chi connectivity index (χ2v) is 4.47. The highest BCUT2D eigenvalue weighted by Crippen LogP contribution is 2.39. The molecule has 6 heteroatoms. The van der Waals surface area contributed by atoms with E-state index in [9.17, 15) is 0 Å². The normalized spacial score (nSPS) is 12.7. The summed E-state index contributed by atoms with van der Waals surface area (Å²) in [7, 11) is 0. The van der Waals surface area contributed by atoms with Crippen LogP contribution in [0, 0.1) is 0 Å². The monoisotopic (exact) mass is 281 g/mol. The second-order valence-electron chi connectivity index (χ2n) is 4.07. The standard InChI is InChI=1S/C13H12ClNO4/c14-10-3-12-13(18-7-17-12)4-11(10)15-5-8-1-2-9(6-16)19-8/h1-4,15-16H,5-7H2. The van der Waals surface area contributed by atoms with Crippen LogP contribution < -0.4 is 14.8 Å². The molecular weight excluding hydrogens is 270 g/mol. The maximum atomic E-state index is 8.92. The SMILES string of the molecule is OCc1ccc(CNc2cc3c(cc2Cl)OCO3)o1. The first-order valence-electron chi connectivity index (χ1n) is 5.78. The van der Waals surface area contributed by atoms with Gasteiger partial charge < -0.3 is 24.3 Å². The van der Waals surface area contributed by atoms with E-state index < -0.39 is 0 Å². The van der Waals surface area contributed by atoms with Crippen LogP contribution >= 0.6 is 11.6 Å². The molecule has 0 saturated carbocycles. The van der Waals surface area contributed by atoms with Gasteiger partial charge in [-0.25, -0.2) is 0 Å². The van der Waals surface area contributed by atoms with Gasteiger partial charge in [0.25, 0.3) is 0 Å². The molecule has 0 aliphatic carbocycles. The molecule has 0 fully saturated rings. The molecule has 0 atom stereocenters. The number of hydrogen-bond donors (Lipinski definition) is 2. The van der Waals surface area contributed by atoms with Crippen LogP contribution in [0.4, 0.5) is 5.69 Å². The Kier molecular flexibility index (Phi) is 3.23. The summed E-state index contributed by atoms with van der Waals surface area (Å²) in [4.78, 5) is 0. The van der Waals surface area contributed by atoms with Gasteiger partial charge in [-0.2, -0.15) is 0 Å². The van der Waals surface area contributed by atoms with Crippen molar-refractivity contribution in [1.82, 2.24) is 0 Å². The maximum Gasteiger partial charge on any atom is 0.231 e. The first-order chi connectivity index (χ1) is 9.26. The van der Waals surface area contributed by atoms with Crippen LogP contribution in [-0.2, 0) is 13.2 Å². The number of aliphatic hydroxyl groups excluding tert-OH is 1. The van der Waals surface area contributed by atoms with Gasteiger partial charge in [-0.1, -0.05) is 11.6 Å². The van der Waals surface area contributed by atoms with Crippen molar-refractivity contribution in [1.29, 1.82) is 0 Å². The second kappa shape index (κ2) is 5.03. The van der Waals surface area contributed by atoms with Crippen LogP contribution in [0.2, 0.25) is 5.02 Å². The van der Waals surface area contributed by atoms with E-state index in [0.29, 0.717) is 28.8 Å². The molecule has 1 aromatic carbocycles. The van der Waals surface area contributed by atoms with Gasteiger partial charge in [-0.15, -0.1) is 0 Å². The van der Waals surface area contributed by atoms with Crippen LogP contribution in [-0.4, -0.2) is 11.9 Å². The van der Waals surface area contributed by atoms with E-state index in [1.165, 1.54) is 0 Å². The van der Waals surface area contributed by atoms with Crippen LogP contribution in [0.3, 0.4) is 0 Å². The minimum absolute atomic E-state index is 0.106. The number of benzene rings is 1. The smallest absolute Gasteiger partial charge is 0.231 e. The molecule has 2 N–H and O–H groups in total. The van der Waals surface area contributed by atoms with Crippen LogP contribution in [0.15, 0.2) is 28.7 Å². The van der Waals surface area contributed by atoms with Gasteiger partial charge >= 0.3 is 0 Å². The van der Waals surface area contributed by atoms with Crippen molar-refractivity contribution in [2.75, 3.05) is 12.1 Å². The summed E-state index contributed by atoms with van der Waals surface area (Å²) in [5.74, 6) is 2.57. The van der Waals surface area contributed by atoms with E-state index >= 15 is 0 Å². The number of hydrogen-bond acceptors (Lipinski definition) is 5. The molecule has 0 unspecified atom stereocenters. The average Bonchev–Trinajstić information content (AvgIpc) is 3.03. The molecular formula is C13H12ClNO4. The predicted octanol–water partition coefficient (Wildman–Crippen LogP) is 2.77. The number of nitrogens with one attached hydrogen (secondary N) is 1. The van der Waals surface area contributed by atoms with E-state index in [-0.39, 0.29) is 13.4 Å². The van der Waals surface area contributed by atoms with E-state index in [0.717, 1.165) is 11.4 Å². The number of aliphatic hydroxyl groups is 1. The summed E-state index contributed by atoms with van der Waals surface area (Å²) in [6.45, 7) is 0.581. The Balaban J connectivity index is 1.73. The zero-order valence-corrected chi connectivity index (χ0v) is 10.7. The van der Waals surface area contributed by atoms with E-state index in [1.54, 1.807) is 24.3 Å². The van der Waals surface area contributed by atoms with Crippen molar-refractivity contribution in [2.24, 2.45) is 0 Å². The lowest BCUT2D eigenvalue weighted by molar-refractivity contribution is 0.174. The number of furan rings is 1. The highest BCUT2D eigenvalue weighted by atomic mass is 35.5. The topological polar surface area (TPSA) is 63.9 Å². The van der Waals surface area contributed by atoms with Gasteiger partial charge in [-0.3, -0.25) is 0 Å². The van der Waals surface area contributed by atoms with Gasteiger partial charge in [0.05, 0.1) is 17.3 Å². The van der Waals surface area contributed by atoms with Crippen molar-refractivity contribution in [3.05, 3.63) is 40.8 Å². The maximum absolute atomic E-state index is 8.92. The lowest BCUT2D eigenvalue weighted by Crippen LogP contribution is -1.98. The molecule has 1 aliphatic heterocycles. The Bertz CT molecular complexity index is 596. The van der Waals surface area contributed by atoms with E-state index in [2.05, 4.69) is 5.32 Å². The predicted molar refractivity (Wildman–Crippen MR) is 69.5 cm³/mol. The molecule has 2 aromatic rings. The fraction of sp³-hybridized carbons (Fsp3) is 0.231. The number of anilines is 1. The molecule has 0 radical (unpaired) electrons. The fourth-order valence-electron chi connectivity index (χ4n) is 1.84. The Hall–Kier alpha value is -1.85. The third-order valence-corrected chi connectivity index (χ3v) is 3.10. The van der Waals surface area contributed by atoms with Gasteiger partial charge in [-0.05, 0) is 12.1 Å². The van der Waals surface area contributed by atoms with Crippen LogP contribution in [0.1, 0.15) is 11.5 Å². The lowest BCUT2D eigenvalue weighted by atomic mass is 10.2. The Morgan fingerprint density at radius 1 is 1.16 bits per heavy atom. The fourth-order valence-corrected chi connectivity index (χ4v) is 2.06. The molecule has 19 heavy (non-hydrogen) atoms. The Morgan fingerprint density at radius 2 is 1.89 bits per heavy atom. The summed E-state index contributed by atoms with van der Waals surface area (Å²) >= 11 is 6.14. The molecule has 1 aliphatic rings. The third kappa shape index (κ3) is 2.47. The first kappa shape index (κ1) is 12.2. The summed E-state index contributed by atoms with van der Waals surface area (Å²) in [6, 6.07) is 7.05. The Labute approximate surface area is 114 Å². The molecule has 0 saturated heterocycles. The summed E-state index contributed by atoms with van der Waals surface area (Å²) in [5, 5.41) is 12.6. The molecule has 3 rings (SSSR count). The largest absolute Gasteiger partial charge is 0.462 e. The molecule has 100 valence electrons. The van der Waals surface area contributed by atoms with Crippen LogP contribution in [0.25, 0.3) is 0 Å². The highest BCUT2D eigenvalue weighted by molar-refractivity contribution is 6.33. The van der Waals surface area contributed by atoms with Gasteiger partial charge in [0, 0.05) is 12.1 Å². The number of rotatable bonds is 4. The molecule has 1 aromatic heterocycles. The van der Waals surface area contributed by atoms with Crippen LogP contribution in [0.5, 0.6) is 11.5 Å². The first-order valence-corrected chi connectivity index (χ1v) is 6.15. The quantitative estimate of drug-likeness (QED) is 0.902. The summed E-state index contributed by atoms with van der Waals surface area (Å²) in [5.41, 5.74) is 0.743. The minimum Gasteiger partial charge on any atom is -0.462 e. The van der Waals surface area contributed by atoms with Crippen molar-refractivity contribution >= 4 is 17.3 Å². The number of halogens is 1. The van der Waals surface area contributed by atoms with Crippen molar-refractivity contribution in [2.45, 2.75) is 13.2 Å². The molecule has 0 spiro atoms. The summed E-state index contributed by atoms with van der Waals surface area (Å²) < 4.78 is 15.9. The van der Waals surface area contributed by atoms with Gasteiger partial charge in [0.2, 0.25) is 6.79 Å². The van der Waals surface area contributed by atoms with Gasteiger partial charge in [0.1, 0.15) is 18.1 Å². The Morgan fingerprint density at radius 3 is 2.63 bits per heavy atom. The van der Waals surface area contributed by atoms with Gasteiger partial charge in [0.15, 0.2) is 11.5 Å². The number of fused-ring (bicyclic) bond motifs is 1. The van der Waals surface area contributed by atoms with Crippen molar-refractivity contribution in [3.8, 4) is 11.5 Å².